The van der Waals surface area contributed by atoms with Crippen LogP contribution in [0.2, 0.25) is 5.02 Å². The van der Waals surface area contributed by atoms with Gasteiger partial charge in [0.15, 0.2) is 5.17 Å². The molecule has 0 atom stereocenters. The number of methoxy groups -OCH3 is 1. The van der Waals surface area contributed by atoms with E-state index in [9.17, 15) is 9.59 Å². The molecule has 4 aromatic rings. The van der Waals surface area contributed by atoms with Crippen LogP contribution in [0.4, 0.5) is 5.69 Å². The Hall–Kier alpha value is -3.81. The highest BCUT2D eigenvalue weighted by molar-refractivity contribution is 8.18. The highest BCUT2D eigenvalue weighted by Crippen LogP contribution is 2.31. The number of benzene rings is 3. The molecule has 35 heavy (non-hydrogen) atoms. The predicted octanol–water partition coefficient (Wildman–Crippen LogP) is 6.02. The summed E-state index contributed by atoms with van der Waals surface area (Å²) in [7, 11) is 1.37. The second-order valence-electron chi connectivity index (χ2n) is 7.88. The molecule has 0 bridgehead atoms. The third-order valence-corrected chi connectivity index (χ3v) is 6.68. The van der Waals surface area contributed by atoms with Crippen molar-refractivity contribution in [2.24, 2.45) is 4.99 Å². The zero-order valence-corrected chi connectivity index (χ0v) is 20.3. The lowest BCUT2D eigenvalue weighted by atomic mass is 10.1. The largest absolute Gasteiger partial charge is 0.465 e. The Bertz CT molecular complexity index is 1510. The lowest BCUT2D eigenvalue weighted by molar-refractivity contribution is -0.115. The van der Waals surface area contributed by atoms with Crippen LogP contribution in [0.1, 0.15) is 21.5 Å². The number of esters is 1. The van der Waals surface area contributed by atoms with Crippen LogP contribution < -0.4 is 5.32 Å². The summed E-state index contributed by atoms with van der Waals surface area (Å²) in [5.74, 6) is -0.555. The zero-order valence-electron chi connectivity index (χ0n) is 18.7. The van der Waals surface area contributed by atoms with Crippen LogP contribution in [0.15, 0.2) is 88.9 Å². The number of fused-ring (bicyclic) bond motifs is 1. The molecule has 0 unspecified atom stereocenters. The van der Waals surface area contributed by atoms with Crippen LogP contribution in [-0.2, 0) is 16.1 Å². The van der Waals surface area contributed by atoms with Gasteiger partial charge in [0.05, 0.1) is 23.3 Å². The number of hydrogen-bond donors (Lipinski definition) is 1. The molecule has 1 saturated heterocycles. The summed E-state index contributed by atoms with van der Waals surface area (Å²) < 4.78 is 6.95. The fourth-order valence-corrected chi connectivity index (χ4v) is 4.85. The molecule has 5 rings (SSSR count). The Kier molecular flexibility index (Phi) is 6.44. The van der Waals surface area contributed by atoms with E-state index in [0.717, 1.165) is 22.0 Å². The number of aliphatic imine (C=N–C) groups is 1. The molecule has 6 nitrogen and oxygen atoms in total. The van der Waals surface area contributed by atoms with E-state index in [2.05, 4.69) is 14.9 Å². The van der Waals surface area contributed by atoms with Crippen molar-refractivity contribution in [2.75, 3.05) is 7.11 Å². The van der Waals surface area contributed by atoms with Gasteiger partial charge in [-0.05, 0) is 65.9 Å². The second kappa shape index (κ2) is 9.82. The first-order valence-corrected chi connectivity index (χ1v) is 12.0. The monoisotopic (exact) mass is 501 g/mol. The van der Waals surface area contributed by atoms with Gasteiger partial charge in [0.25, 0.3) is 5.91 Å². The van der Waals surface area contributed by atoms with Crippen molar-refractivity contribution in [3.05, 3.63) is 106 Å². The van der Waals surface area contributed by atoms with Crippen LogP contribution in [0.3, 0.4) is 0 Å². The van der Waals surface area contributed by atoms with Crippen molar-refractivity contribution in [2.45, 2.75) is 6.54 Å². The lowest BCUT2D eigenvalue weighted by Crippen LogP contribution is -2.19. The molecule has 1 aliphatic rings. The molecule has 8 heteroatoms. The standard InChI is InChI=1S/C27H20ClN3O3S/c1-34-26(33)18-6-4-5-17(13-18)15-31-16-19(22-7-2-3-8-23(22)31)14-24-25(32)30-27(35-24)29-21-11-9-20(28)10-12-21/h2-14,16H,15H2,1H3,(H,29,30,32)/b24-14-. The fraction of sp³-hybridized carbons (Fsp3) is 0.0741. The van der Waals surface area contributed by atoms with Gasteiger partial charge in [0, 0.05) is 34.2 Å². The van der Waals surface area contributed by atoms with E-state index < -0.39 is 0 Å². The number of nitrogens with one attached hydrogen (secondary N) is 1. The third kappa shape index (κ3) is 5.01. The number of carbonyl (C=O) groups is 2. The van der Waals surface area contributed by atoms with Crippen molar-refractivity contribution in [3.8, 4) is 0 Å². The minimum atomic E-state index is -0.366. The van der Waals surface area contributed by atoms with Gasteiger partial charge in [0.1, 0.15) is 0 Å². The van der Waals surface area contributed by atoms with Gasteiger partial charge < -0.3 is 14.6 Å². The van der Waals surface area contributed by atoms with Gasteiger partial charge in [-0.15, -0.1) is 0 Å². The van der Waals surface area contributed by atoms with Crippen molar-refractivity contribution < 1.29 is 14.3 Å². The smallest absolute Gasteiger partial charge is 0.337 e. The quantitative estimate of drug-likeness (QED) is 0.268. The normalized spacial score (nSPS) is 15.7. The number of nitrogens with zero attached hydrogens (tertiary/aromatic N) is 2. The Labute approximate surface area is 211 Å². The molecular weight excluding hydrogens is 482 g/mol. The summed E-state index contributed by atoms with van der Waals surface area (Å²) in [6.07, 6.45) is 3.90. The van der Waals surface area contributed by atoms with E-state index in [-0.39, 0.29) is 11.9 Å². The van der Waals surface area contributed by atoms with E-state index >= 15 is 0 Å². The first kappa shape index (κ1) is 23.0. The van der Waals surface area contributed by atoms with Crippen LogP contribution in [0.5, 0.6) is 0 Å². The Morgan fingerprint density at radius 1 is 1.11 bits per heavy atom. The van der Waals surface area contributed by atoms with Crippen molar-refractivity contribution in [1.82, 2.24) is 9.88 Å². The molecule has 2 heterocycles. The number of amides is 1. The maximum atomic E-state index is 12.6. The molecule has 0 aliphatic carbocycles. The third-order valence-electron chi connectivity index (χ3n) is 5.52. The SMILES string of the molecule is COC(=O)c1cccc(Cn2cc(/C=C3\SC(=Nc4ccc(Cl)cc4)NC3=O)c3ccccc32)c1. The molecule has 1 aromatic heterocycles. The molecule has 1 aliphatic heterocycles. The maximum absolute atomic E-state index is 12.6. The van der Waals surface area contributed by atoms with Gasteiger partial charge in [-0.3, -0.25) is 4.79 Å². The molecule has 0 saturated carbocycles. The van der Waals surface area contributed by atoms with Gasteiger partial charge in [-0.2, -0.15) is 0 Å². The topological polar surface area (TPSA) is 72.7 Å². The predicted molar refractivity (Wildman–Crippen MR) is 141 cm³/mol. The summed E-state index contributed by atoms with van der Waals surface area (Å²) in [6, 6.07) is 22.5. The second-order valence-corrected chi connectivity index (χ2v) is 9.35. The Morgan fingerprint density at radius 3 is 2.71 bits per heavy atom. The minimum absolute atomic E-state index is 0.190. The molecule has 1 fully saturated rings. The number of amidine groups is 1. The fourth-order valence-electron chi connectivity index (χ4n) is 3.89. The van der Waals surface area contributed by atoms with Gasteiger partial charge in [-0.25, -0.2) is 9.79 Å². The first-order chi connectivity index (χ1) is 17.0. The average molecular weight is 502 g/mol. The number of para-hydroxylation sites is 1. The molecule has 1 amide bonds. The molecule has 0 spiro atoms. The lowest BCUT2D eigenvalue weighted by Gasteiger charge is -2.07. The minimum Gasteiger partial charge on any atom is -0.465 e. The summed E-state index contributed by atoms with van der Waals surface area (Å²) in [5.41, 5.74) is 4.15. The first-order valence-electron chi connectivity index (χ1n) is 10.8. The van der Waals surface area contributed by atoms with E-state index in [1.165, 1.54) is 18.9 Å². The van der Waals surface area contributed by atoms with Crippen LogP contribution in [0, 0.1) is 0 Å². The Balaban J connectivity index is 1.45. The van der Waals surface area contributed by atoms with Gasteiger partial charge in [0.2, 0.25) is 0 Å². The average Bonchev–Trinajstić information content (AvgIpc) is 3.39. The molecule has 0 radical (unpaired) electrons. The van der Waals surface area contributed by atoms with E-state index in [4.69, 9.17) is 16.3 Å². The van der Waals surface area contributed by atoms with E-state index in [1.807, 2.05) is 54.7 Å². The number of thioether (sulfide) groups is 1. The van der Waals surface area contributed by atoms with Crippen LogP contribution in [-0.4, -0.2) is 28.7 Å². The maximum Gasteiger partial charge on any atom is 0.337 e. The van der Waals surface area contributed by atoms with E-state index in [1.54, 1.807) is 30.3 Å². The van der Waals surface area contributed by atoms with Crippen molar-refractivity contribution in [1.29, 1.82) is 0 Å². The van der Waals surface area contributed by atoms with Crippen molar-refractivity contribution in [3.63, 3.8) is 0 Å². The number of aromatic nitrogens is 1. The van der Waals surface area contributed by atoms with Crippen molar-refractivity contribution >= 4 is 63.1 Å². The highest BCUT2D eigenvalue weighted by atomic mass is 35.5. The molecule has 3 aromatic carbocycles. The molecular formula is C27H20ClN3O3S. The molecule has 174 valence electrons. The summed E-state index contributed by atoms with van der Waals surface area (Å²) in [4.78, 5) is 29.6. The van der Waals surface area contributed by atoms with Gasteiger partial charge >= 0.3 is 5.97 Å². The summed E-state index contributed by atoms with van der Waals surface area (Å²) >= 11 is 7.24. The number of carbonyl (C=O) groups excluding carboxylic acids is 2. The Morgan fingerprint density at radius 2 is 1.91 bits per heavy atom. The van der Waals surface area contributed by atoms with Crippen LogP contribution >= 0.6 is 23.4 Å². The zero-order chi connectivity index (χ0) is 24.4. The van der Waals surface area contributed by atoms with Gasteiger partial charge in [-0.1, -0.05) is 41.9 Å². The van der Waals surface area contributed by atoms with Crippen LogP contribution in [0.25, 0.3) is 17.0 Å². The summed E-state index contributed by atoms with van der Waals surface area (Å²) in [6.45, 7) is 0.567. The summed E-state index contributed by atoms with van der Waals surface area (Å²) in [5, 5.41) is 5.01. The number of hydrogen-bond acceptors (Lipinski definition) is 5. The number of ether oxygens (including phenoxy) is 1. The molecule has 1 N–H and O–H groups in total. The number of halogens is 1. The highest BCUT2D eigenvalue weighted by Gasteiger charge is 2.24. The number of rotatable bonds is 5. The van der Waals surface area contributed by atoms with E-state index in [0.29, 0.717) is 32.9 Å².